The Labute approximate surface area is 99.1 Å². The summed E-state index contributed by atoms with van der Waals surface area (Å²) in [7, 11) is 0. The number of hydrogen-bond acceptors (Lipinski definition) is 2. The lowest BCUT2D eigenvalue weighted by Gasteiger charge is -2.08. The molecule has 1 aromatic heterocycles. The minimum Gasteiger partial charge on any atom is -0.384 e. The van der Waals surface area contributed by atoms with Crippen molar-refractivity contribution in [2.75, 3.05) is 5.73 Å². The van der Waals surface area contributed by atoms with Crippen molar-refractivity contribution in [3.05, 3.63) is 12.0 Å². The summed E-state index contributed by atoms with van der Waals surface area (Å²) < 4.78 is 2.04. The van der Waals surface area contributed by atoms with Crippen LogP contribution >= 0.6 is 0 Å². The number of aromatic nitrogens is 2. The van der Waals surface area contributed by atoms with Crippen LogP contribution in [0.25, 0.3) is 0 Å². The van der Waals surface area contributed by atoms with Crippen LogP contribution in [0.4, 0.5) is 5.82 Å². The Hall–Kier alpha value is -0.990. The van der Waals surface area contributed by atoms with E-state index < -0.39 is 0 Å². The van der Waals surface area contributed by atoms with Crippen LogP contribution in [-0.2, 0) is 6.42 Å². The summed E-state index contributed by atoms with van der Waals surface area (Å²) in [6.45, 7) is 6.49. The molecule has 0 atom stereocenters. The maximum absolute atomic E-state index is 6.05. The molecule has 0 fully saturated rings. The first-order valence-electron chi connectivity index (χ1n) is 6.48. The molecule has 0 spiro atoms. The Morgan fingerprint density at radius 2 is 1.94 bits per heavy atom. The van der Waals surface area contributed by atoms with Crippen LogP contribution in [0, 0.1) is 0 Å². The molecular formula is C13H25N3. The predicted molar refractivity (Wildman–Crippen MR) is 69.5 cm³/mol. The van der Waals surface area contributed by atoms with E-state index in [-0.39, 0.29) is 0 Å². The van der Waals surface area contributed by atoms with Crippen LogP contribution in [0.15, 0.2) is 6.33 Å². The SMILES string of the molecule is CCCCCCCc1ncn(C(C)C)c1N. The Kier molecular flexibility index (Phi) is 5.36. The smallest absolute Gasteiger partial charge is 0.126 e. The number of anilines is 1. The van der Waals surface area contributed by atoms with E-state index in [1.165, 1.54) is 32.1 Å². The first kappa shape index (κ1) is 13.1. The van der Waals surface area contributed by atoms with Crippen LogP contribution < -0.4 is 5.73 Å². The number of nitrogens with two attached hydrogens (primary N) is 1. The lowest BCUT2D eigenvalue weighted by atomic mass is 10.1. The molecule has 3 heteroatoms. The molecule has 0 radical (unpaired) electrons. The molecule has 1 rings (SSSR count). The minimum absolute atomic E-state index is 0.404. The molecule has 0 aliphatic rings. The Morgan fingerprint density at radius 3 is 2.50 bits per heavy atom. The van der Waals surface area contributed by atoms with Crippen molar-refractivity contribution in [2.24, 2.45) is 0 Å². The van der Waals surface area contributed by atoms with E-state index >= 15 is 0 Å². The molecule has 92 valence electrons. The largest absolute Gasteiger partial charge is 0.384 e. The maximum atomic E-state index is 6.05. The van der Waals surface area contributed by atoms with Gasteiger partial charge >= 0.3 is 0 Å². The van der Waals surface area contributed by atoms with Gasteiger partial charge in [0, 0.05) is 6.04 Å². The van der Waals surface area contributed by atoms with Crippen molar-refractivity contribution < 1.29 is 0 Å². The van der Waals surface area contributed by atoms with E-state index in [0.29, 0.717) is 6.04 Å². The highest BCUT2D eigenvalue weighted by Gasteiger charge is 2.08. The van der Waals surface area contributed by atoms with Crippen LogP contribution in [0.3, 0.4) is 0 Å². The van der Waals surface area contributed by atoms with Gasteiger partial charge in [0.15, 0.2) is 0 Å². The number of nitrogens with zero attached hydrogens (tertiary/aromatic N) is 2. The molecule has 0 saturated heterocycles. The Balaban J connectivity index is 2.37. The van der Waals surface area contributed by atoms with Crippen molar-refractivity contribution in [3.63, 3.8) is 0 Å². The molecule has 0 aliphatic heterocycles. The van der Waals surface area contributed by atoms with Gasteiger partial charge < -0.3 is 10.3 Å². The molecule has 0 saturated carbocycles. The normalized spacial score (nSPS) is 11.2. The Morgan fingerprint density at radius 1 is 1.25 bits per heavy atom. The standard InChI is InChI=1S/C13H25N3/c1-4-5-6-7-8-9-12-13(14)16(10-15-12)11(2)3/h10-11H,4-9,14H2,1-3H3. The summed E-state index contributed by atoms with van der Waals surface area (Å²) in [5, 5.41) is 0. The van der Waals surface area contributed by atoms with Crippen LogP contribution in [0.2, 0.25) is 0 Å². The van der Waals surface area contributed by atoms with Gasteiger partial charge in [-0.1, -0.05) is 32.6 Å². The van der Waals surface area contributed by atoms with Crippen molar-refractivity contribution in [1.82, 2.24) is 9.55 Å². The van der Waals surface area contributed by atoms with E-state index in [9.17, 15) is 0 Å². The van der Waals surface area contributed by atoms with Gasteiger partial charge in [-0.05, 0) is 26.7 Å². The van der Waals surface area contributed by atoms with E-state index in [0.717, 1.165) is 17.9 Å². The number of aryl methyl sites for hydroxylation is 1. The number of nitrogen functional groups attached to an aromatic ring is 1. The molecule has 0 aliphatic carbocycles. The van der Waals surface area contributed by atoms with Crippen LogP contribution in [0.1, 0.15) is 64.6 Å². The zero-order valence-electron chi connectivity index (χ0n) is 10.9. The van der Waals surface area contributed by atoms with Gasteiger partial charge in [0.1, 0.15) is 5.82 Å². The highest BCUT2D eigenvalue weighted by atomic mass is 15.1. The number of unbranched alkanes of at least 4 members (excludes halogenated alkanes) is 4. The topological polar surface area (TPSA) is 43.8 Å². The van der Waals surface area contributed by atoms with Crippen molar-refractivity contribution in [2.45, 2.75) is 65.3 Å². The summed E-state index contributed by atoms with van der Waals surface area (Å²) in [5.74, 6) is 0.852. The molecule has 1 heterocycles. The molecule has 16 heavy (non-hydrogen) atoms. The van der Waals surface area contributed by atoms with Gasteiger partial charge in [0.05, 0.1) is 12.0 Å². The number of hydrogen-bond donors (Lipinski definition) is 1. The van der Waals surface area contributed by atoms with Crippen LogP contribution in [-0.4, -0.2) is 9.55 Å². The highest BCUT2D eigenvalue weighted by Crippen LogP contribution is 2.18. The fourth-order valence-corrected chi connectivity index (χ4v) is 1.91. The fraction of sp³-hybridized carbons (Fsp3) is 0.769. The second-order valence-corrected chi connectivity index (χ2v) is 4.74. The van der Waals surface area contributed by atoms with Gasteiger partial charge in [-0.3, -0.25) is 0 Å². The average molecular weight is 223 g/mol. The second kappa shape index (κ2) is 6.56. The minimum atomic E-state index is 0.404. The zero-order valence-corrected chi connectivity index (χ0v) is 10.9. The maximum Gasteiger partial charge on any atom is 0.126 e. The third-order valence-corrected chi connectivity index (χ3v) is 2.99. The molecule has 0 amide bonds. The molecule has 0 aromatic carbocycles. The summed E-state index contributed by atoms with van der Waals surface area (Å²) >= 11 is 0. The molecule has 0 unspecified atom stereocenters. The fourth-order valence-electron chi connectivity index (χ4n) is 1.91. The zero-order chi connectivity index (χ0) is 12.0. The van der Waals surface area contributed by atoms with Gasteiger partial charge in [0.2, 0.25) is 0 Å². The summed E-state index contributed by atoms with van der Waals surface area (Å²) in [4.78, 5) is 4.39. The quantitative estimate of drug-likeness (QED) is 0.718. The lowest BCUT2D eigenvalue weighted by Crippen LogP contribution is -2.05. The van der Waals surface area contributed by atoms with E-state index in [2.05, 4.69) is 25.8 Å². The van der Waals surface area contributed by atoms with Crippen molar-refractivity contribution in [1.29, 1.82) is 0 Å². The molecular weight excluding hydrogens is 198 g/mol. The van der Waals surface area contributed by atoms with Crippen molar-refractivity contribution in [3.8, 4) is 0 Å². The summed E-state index contributed by atoms with van der Waals surface area (Å²) in [5.41, 5.74) is 7.12. The van der Waals surface area contributed by atoms with E-state index in [4.69, 9.17) is 5.73 Å². The molecule has 2 N–H and O–H groups in total. The Bertz CT molecular complexity index is 302. The molecule has 1 aromatic rings. The molecule has 0 bridgehead atoms. The first-order valence-corrected chi connectivity index (χ1v) is 6.48. The van der Waals surface area contributed by atoms with Gasteiger partial charge in [-0.2, -0.15) is 0 Å². The summed E-state index contributed by atoms with van der Waals surface area (Å²) in [6.07, 6.45) is 9.36. The van der Waals surface area contributed by atoms with E-state index in [1.807, 2.05) is 10.9 Å². The van der Waals surface area contributed by atoms with Gasteiger partial charge in [0.25, 0.3) is 0 Å². The summed E-state index contributed by atoms with van der Waals surface area (Å²) in [6, 6.07) is 0.404. The number of imidazole rings is 1. The molecule has 3 nitrogen and oxygen atoms in total. The van der Waals surface area contributed by atoms with Gasteiger partial charge in [-0.15, -0.1) is 0 Å². The number of rotatable bonds is 7. The first-order chi connectivity index (χ1) is 7.66. The van der Waals surface area contributed by atoms with Crippen molar-refractivity contribution >= 4 is 5.82 Å². The second-order valence-electron chi connectivity index (χ2n) is 4.74. The highest BCUT2D eigenvalue weighted by molar-refractivity contribution is 5.36. The third kappa shape index (κ3) is 3.54. The average Bonchev–Trinajstić information content (AvgIpc) is 2.60. The van der Waals surface area contributed by atoms with Gasteiger partial charge in [-0.25, -0.2) is 4.98 Å². The monoisotopic (exact) mass is 223 g/mol. The van der Waals surface area contributed by atoms with Crippen LogP contribution in [0.5, 0.6) is 0 Å². The van der Waals surface area contributed by atoms with E-state index in [1.54, 1.807) is 0 Å². The predicted octanol–water partition coefficient (Wildman–Crippen LogP) is 3.56. The lowest BCUT2D eigenvalue weighted by molar-refractivity contribution is 0.606. The third-order valence-electron chi connectivity index (χ3n) is 2.99.